The van der Waals surface area contributed by atoms with Gasteiger partial charge in [-0.3, -0.25) is 4.79 Å². The number of hydrogen-bond acceptors (Lipinski definition) is 5. The number of hydrogen-bond donors (Lipinski definition) is 0. The molecular weight excluding hydrogens is 272 g/mol. The Balaban J connectivity index is 3.08. The molecule has 0 aliphatic rings. The zero-order chi connectivity index (χ0) is 15.0. The number of ether oxygens (including phenoxy) is 1. The van der Waals surface area contributed by atoms with E-state index in [0.29, 0.717) is 18.7 Å². The summed E-state index contributed by atoms with van der Waals surface area (Å²) in [5, 5.41) is 9.38. The normalized spacial score (nSPS) is 9.90. The van der Waals surface area contributed by atoms with Crippen LogP contribution >= 0.6 is 11.8 Å². The first-order valence-electron chi connectivity index (χ1n) is 6.65. The van der Waals surface area contributed by atoms with Crippen LogP contribution in [0, 0.1) is 11.3 Å². The van der Waals surface area contributed by atoms with E-state index in [1.54, 1.807) is 6.92 Å². The van der Waals surface area contributed by atoms with Crippen LogP contribution in [-0.4, -0.2) is 31.9 Å². The van der Waals surface area contributed by atoms with E-state index in [0.717, 1.165) is 17.0 Å². The number of thioether (sulfide) groups is 1. The van der Waals surface area contributed by atoms with Crippen molar-refractivity contribution in [3.8, 4) is 6.07 Å². The van der Waals surface area contributed by atoms with Gasteiger partial charge in [0.05, 0.1) is 17.9 Å². The molecule has 0 aliphatic heterocycles. The minimum Gasteiger partial charge on any atom is -0.465 e. The predicted octanol–water partition coefficient (Wildman–Crippen LogP) is 3.06. The van der Waals surface area contributed by atoms with Gasteiger partial charge in [-0.05, 0) is 31.7 Å². The van der Waals surface area contributed by atoms with Crippen LogP contribution in [0.3, 0.4) is 0 Å². The van der Waals surface area contributed by atoms with Crippen LogP contribution < -0.4 is 4.90 Å². The maximum atomic E-state index is 11.7. The largest absolute Gasteiger partial charge is 0.465 e. The quantitative estimate of drug-likeness (QED) is 0.571. The van der Waals surface area contributed by atoms with Gasteiger partial charge in [-0.1, -0.05) is 13.0 Å². The van der Waals surface area contributed by atoms with Gasteiger partial charge in [-0.2, -0.15) is 5.26 Å². The molecule has 0 spiro atoms. The lowest BCUT2D eigenvalue weighted by atomic mass is 10.1. The summed E-state index contributed by atoms with van der Waals surface area (Å²) in [6.45, 7) is 5.09. The molecule has 0 bridgehead atoms. The Morgan fingerprint density at radius 2 is 2.20 bits per heavy atom. The van der Waals surface area contributed by atoms with Crippen LogP contribution in [0.5, 0.6) is 0 Å². The highest BCUT2D eigenvalue weighted by molar-refractivity contribution is 7.98. The van der Waals surface area contributed by atoms with Crippen molar-refractivity contribution in [2.45, 2.75) is 25.2 Å². The second-order valence-electron chi connectivity index (χ2n) is 4.19. The first-order chi connectivity index (χ1) is 9.67. The second kappa shape index (κ2) is 8.49. The van der Waals surface area contributed by atoms with Crippen LogP contribution in [0.15, 0.2) is 23.1 Å². The van der Waals surface area contributed by atoms with E-state index in [4.69, 9.17) is 4.74 Å². The SMILES string of the molecule is CCCN(CC(=O)OCC)c1cccc(SC)c1C#N. The van der Waals surface area contributed by atoms with Crippen molar-refractivity contribution in [2.75, 3.05) is 30.9 Å². The fourth-order valence-electron chi connectivity index (χ4n) is 1.98. The van der Waals surface area contributed by atoms with Gasteiger partial charge in [0, 0.05) is 11.4 Å². The van der Waals surface area contributed by atoms with Crippen LogP contribution in [0.1, 0.15) is 25.8 Å². The van der Waals surface area contributed by atoms with Crippen molar-refractivity contribution in [3.63, 3.8) is 0 Å². The van der Waals surface area contributed by atoms with Crippen LogP contribution in [-0.2, 0) is 9.53 Å². The van der Waals surface area contributed by atoms with Crippen molar-refractivity contribution < 1.29 is 9.53 Å². The highest BCUT2D eigenvalue weighted by Crippen LogP contribution is 2.29. The number of rotatable bonds is 7. The van der Waals surface area contributed by atoms with E-state index >= 15 is 0 Å². The lowest BCUT2D eigenvalue weighted by Crippen LogP contribution is -2.32. The van der Waals surface area contributed by atoms with Gasteiger partial charge in [0.2, 0.25) is 0 Å². The second-order valence-corrected chi connectivity index (χ2v) is 5.04. The predicted molar refractivity (Wildman–Crippen MR) is 82.1 cm³/mol. The first kappa shape index (κ1) is 16.4. The summed E-state index contributed by atoms with van der Waals surface area (Å²) in [7, 11) is 0. The molecule has 20 heavy (non-hydrogen) atoms. The molecule has 0 aliphatic carbocycles. The third-order valence-electron chi connectivity index (χ3n) is 2.80. The molecule has 0 fully saturated rings. The molecule has 0 aromatic heterocycles. The van der Waals surface area contributed by atoms with E-state index in [9.17, 15) is 10.1 Å². The van der Waals surface area contributed by atoms with E-state index in [1.165, 1.54) is 11.8 Å². The number of carbonyl (C=O) groups excluding carboxylic acids is 1. The third-order valence-corrected chi connectivity index (χ3v) is 3.58. The standard InChI is InChI=1S/C15H20N2O2S/c1-4-9-17(11-15(18)19-5-2)13-7-6-8-14(20-3)12(13)10-16/h6-8H,4-5,9,11H2,1-3H3. The topological polar surface area (TPSA) is 53.3 Å². The number of carbonyl (C=O) groups is 1. The minimum atomic E-state index is -0.264. The Morgan fingerprint density at radius 1 is 1.45 bits per heavy atom. The fourth-order valence-corrected chi connectivity index (χ4v) is 2.55. The molecule has 0 atom stereocenters. The first-order valence-corrected chi connectivity index (χ1v) is 7.88. The lowest BCUT2D eigenvalue weighted by molar-refractivity contribution is -0.141. The van der Waals surface area contributed by atoms with Crippen molar-refractivity contribution in [1.82, 2.24) is 0 Å². The van der Waals surface area contributed by atoms with Crippen molar-refractivity contribution in [2.24, 2.45) is 0 Å². The number of esters is 1. The lowest BCUT2D eigenvalue weighted by Gasteiger charge is -2.24. The van der Waals surface area contributed by atoms with Gasteiger partial charge in [-0.25, -0.2) is 0 Å². The van der Waals surface area contributed by atoms with E-state index in [-0.39, 0.29) is 12.5 Å². The minimum absolute atomic E-state index is 0.175. The zero-order valence-electron chi connectivity index (χ0n) is 12.2. The van der Waals surface area contributed by atoms with E-state index in [1.807, 2.05) is 36.3 Å². The van der Waals surface area contributed by atoms with Gasteiger partial charge in [0.15, 0.2) is 0 Å². The smallest absolute Gasteiger partial charge is 0.325 e. The summed E-state index contributed by atoms with van der Waals surface area (Å²) >= 11 is 1.53. The Labute approximate surface area is 124 Å². The summed E-state index contributed by atoms with van der Waals surface area (Å²) in [4.78, 5) is 14.5. The van der Waals surface area contributed by atoms with Crippen molar-refractivity contribution >= 4 is 23.4 Å². The maximum Gasteiger partial charge on any atom is 0.325 e. The Hall–Kier alpha value is -1.67. The summed E-state index contributed by atoms with van der Waals surface area (Å²) < 4.78 is 5.00. The number of benzene rings is 1. The molecule has 0 amide bonds. The van der Waals surface area contributed by atoms with Crippen LogP contribution in [0.25, 0.3) is 0 Å². The molecule has 4 nitrogen and oxygen atoms in total. The molecular formula is C15H20N2O2S. The van der Waals surface area contributed by atoms with Crippen LogP contribution in [0.2, 0.25) is 0 Å². The van der Waals surface area contributed by atoms with E-state index < -0.39 is 0 Å². The molecule has 108 valence electrons. The Kier molecular flexibility index (Phi) is 6.96. The zero-order valence-corrected chi connectivity index (χ0v) is 13.0. The molecule has 0 radical (unpaired) electrons. The van der Waals surface area contributed by atoms with Crippen molar-refractivity contribution in [1.29, 1.82) is 5.26 Å². The molecule has 0 saturated heterocycles. The highest BCUT2D eigenvalue weighted by Gasteiger charge is 2.17. The molecule has 0 unspecified atom stereocenters. The van der Waals surface area contributed by atoms with Gasteiger partial charge < -0.3 is 9.64 Å². The summed E-state index contributed by atoms with van der Waals surface area (Å²) in [5.41, 5.74) is 1.42. The molecule has 0 saturated carbocycles. The van der Waals surface area contributed by atoms with Gasteiger partial charge >= 0.3 is 5.97 Å². The van der Waals surface area contributed by atoms with Gasteiger partial charge in [-0.15, -0.1) is 11.8 Å². The summed E-state index contributed by atoms with van der Waals surface area (Å²) in [6, 6.07) is 7.96. The Morgan fingerprint density at radius 3 is 2.75 bits per heavy atom. The number of anilines is 1. The maximum absolute atomic E-state index is 11.7. The van der Waals surface area contributed by atoms with Crippen LogP contribution in [0.4, 0.5) is 5.69 Å². The highest BCUT2D eigenvalue weighted by atomic mass is 32.2. The molecule has 0 N–H and O–H groups in total. The summed E-state index contributed by atoms with van der Waals surface area (Å²) in [5.74, 6) is -0.264. The Bertz CT molecular complexity index is 497. The monoisotopic (exact) mass is 292 g/mol. The number of nitrogens with zero attached hydrogens (tertiary/aromatic N) is 2. The number of nitriles is 1. The third kappa shape index (κ3) is 4.17. The molecule has 1 rings (SSSR count). The van der Waals surface area contributed by atoms with Gasteiger partial charge in [0.1, 0.15) is 12.6 Å². The summed E-state index contributed by atoms with van der Waals surface area (Å²) in [6.07, 6.45) is 2.84. The molecule has 5 heteroatoms. The van der Waals surface area contributed by atoms with E-state index in [2.05, 4.69) is 6.07 Å². The molecule has 1 aromatic rings. The average Bonchev–Trinajstić information content (AvgIpc) is 2.46. The van der Waals surface area contributed by atoms with Gasteiger partial charge in [0.25, 0.3) is 0 Å². The molecule has 0 heterocycles. The fraction of sp³-hybridized carbons (Fsp3) is 0.467. The average molecular weight is 292 g/mol. The van der Waals surface area contributed by atoms with Crippen molar-refractivity contribution in [3.05, 3.63) is 23.8 Å². The molecule has 1 aromatic carbocycles.